The van der Waals surface area contributed by atoms with E-state index in [1.807, 2.05) is 12.1 Å². The van der Waals surface area contributed by atoms with Gasteiger partial charge in [-0.15, -0.1) is 0 Å². The highest BCUT2D eigenvalue weighted by atomic mass is 16.7. The standard InChI is InChI=1S/C16H22O4/c1-4-12-7-9-13(10-8-12)14(17)11-15(18)16(19-5-2)20-6-3/h7-10,16H,4-6,11H2,1-3H3. The van der Waals surface area contributed by atoms with Crippen LogP contribution in [0.2, 0.25) is 0 Å². The van der Waals surface area contributed by atoms with Gasteiger partial charge in [-0.05, 0) is 25.8 Å². The molecule has 0 aromatic heterocycles. The van der Waals surface area contributed by atoms with E-state index in [-0.39, 0.29) is 18.0 Å². The largest absolute Gasteiger partial charge is 0.346 e. The fraction of sp³-hybridized carbons (Fsp3) is 0.500. The fourth-order valence-corrected chi connectivity index (χ4v) is 1.81. The molecule has 0 heterocycles. The van der Waals surface area contributed by atoms with E-state index in [1.165, 1.54) is 0 Å². The molecule has 0 saturated carbocycles. The van der Waals surface area contributed by atoms with Crippen molar-refractivity contribution in [2.24, 2.45) is 0 Å². The van der Waals surface area contributed by atoms with Crippen LogP contribution in [0.25, 0.3) is 0 Å². The summed E-state index contributed by atoms with van der Waals surface area (Å²) in [5.41, 5.74) is 1.71. The molecular formula is C16H22O4. The molecule has 1 aromatic rings. The Morgan fingerprint density at radius 3 is 2.00 bits per heavy atom. The maximum Gasteiger partial charge on any atom is 0.218 e. The molecular weight excluding hydrogens is 256 g/mol. The topological polar surface area (TPSA) is 52.6 Å². The Morgan fingerprint density at radius 2 is 1.55 bits per heavy atom. The van der Waals surface area contributed by atoms with Gasteiger partial charge in [0.25, 0.3) is 0 Å². The Kier molecular flexibility index (Phi) is 7.12. The molecule has 1 aromatic carbocycles. The van der Waals surface area contributed by atoms with E-state index in [9.17, 15) is 9.59 Å². The van der Waals surface area contributed by atoms with E-state index in [0.717, 1.165) is 12.0 Å². The first-order valence-electron chi connectivity index (χ1n) is 7.00. The summed E-state index contributed by atoms with van der Waals surface area (Å²) < 4.78 is 10.4. The average molecular weight is 278 g/mol. The molecule has 110 valence electrons. The maximum absolute atomic E-state index is 12.0. The quantitative estimate of drug-likeness (QED) is 0.396. The van der Waals surface area contributed by atoms with E-state index >= 15 is 0 Å². The van der Waals surface area contributed by atoms with Crippen LogP contribution in [0.3, 0.4) is 0 Å². The van der Waals surface area contributed by atoms with Crippen LogP contribution in [0.5, 0.6) is 0 Å². The van der Waals surface area contributed by atoms with Crippen LogP contribution in [-0.2, 0) is 20.7 Å². The molecule has 0 N–H and O–H groups in total. The van der Waals surface area contributed by atoms with Crippen molar-refractivity contribution in [3.8, 4) is 0 Å². The molecule has 0 amide bonds. The fourth-order valence-electron chi connectivity index (χ4n) is 1.81. The molecule has 0 spiro atoms. The van der Waals surface area contributed by atoms with Gasteiger partial charge < -0.3 is 9.47 Å². The molecule has 0 saturated heterocycles. The number of benzene rings is 1. The molecule has 20 heavy (non-hydrogen) atoms. The van der Waals surface area contributed by atoms with Crippen molar-refractivity contribution in [1.29, 1.82) is 0 Å². The minimum Gasteiger partial charge on any atom is -0.346 e. The van der Waals surface area contributed by atoms with Crippen LogP contribution in [-0.4, -0.2) is 31.1 Å². The Morgan fingerprint density at radius 1 is 1.00 bits per heavy atom. The van der Waals surface area contributed by atoms with Crippen molar-refractivity contribution in [2.75, 3.05) is 13.2 Å². The predicted molar refractivity (Wildman–Crippen MR) is 76.8 cm³/mol. The lowest BCUT2D eigenvalue weighted by molar-refractivity contribution is -0.166. The highest BCUT2D eigenvalue weighted by Crippen LogP contribution is 2.10. The second-order valence-electron chi connectivity index (χ2n) is 4.36. The molecule has 0 fully saturated rings. The lowest BCUT2D eigenvalue weighted by Crippen LogP contribution is -2.29. The highest BCUT2D eigenvalue weighted by molar-refractivity contribution is 6.08. The summed E-state index contributed by atoms with van der Waals surface area (Å²) in [6.07, 6.45) is -0.218. The number of ketones is 2. The summed E-state index contributed by atoms with van der Waals surface area (Å²) in [4.78, 5) is 24.0. The van der Waals surface area contributed by atoms with E-state index in [0.29, 0.717) is 18.8 Å². The maximum atomic E-state index is 12.0. The average Bonchev–Trinajstić information content (AvgIpc) is 2.47. The van der Waals surface area contributed by atoms with Gasteiger partial charge >= 0.3 is 0 Å². The van der Waals surface area contributed by atoms with Gasteiger partial charge in [0.15, 0.2) is 11.6 Å². The summed E-state index contributed by atoms with van der Waals surface area (Å²) in [5.74, 6) is -0.541. The number of Topliss-reactive ketones (excluding diaryl/α,β-unsaturated/α-hetero) is 2. The zero-order valence-corrected chi connectivity index (χ0v) is 12.3. The van der Waals surface area contributed by atoms with E-state index in [1.54, 1.807) is 26.0 Å². The first-order valence-corrected chi connectivity index (χ1v) is 7.00. The lowest BCUT2D eigenvalue weighted by Gasteiger charge is -2.15. The van der Waals surface area contributed by atoms with E-state index in [4.69, 9.17) is 9.47 Å². The van der Waals surface area contributed by atoms with Crippen molar-refractivity contribution in [2.45, 2.75) is 39.9 Å². The minimum atomic E-state index is -0.941. The van der Waals surface area contributed by atoms with Crippen molar-refractivity contribution in [3.63, 3.8) is 0 Å². The first-order chi connectivity index (χ1) is 9.62. The Hall–Kier alpha value is -1.52. The Labute approximate surface area is 120 Å². The Balaban J connectivity index is 2.65. The van der Waals surface area contributed by atoms with Crippen LogP contribution in [0.15, 0.2) is 24.3 Å². The van der Waals surface area contributed by atoms with Gasteiger partial charge in [0.2, 0.25) is 6.29 Å². The number of carbonyl (C=O) groups excluding carboxylic acids is 2. The summed E-state index contributed by atoms with van der Waals surface area (Å²) in [5, 5.41) is 0. The number of aryl methyl sites for hydroxylation is 1. The van der Waals surface area contributed by atoms with Gasteiger partial charge in [0.1, 0.15) is 0 Å². The normalized spacial score (nSPS) is 10.8. The molecule has 4 nitrogen and oxygen atoms in total. The van der Waals surface area contributed by atoms with Crippen LogP contribution >= 0.6 is 0 Å². The minimum absolute atomic E-state index is 0.198. The monoisotopic (exact) mass is 278 g/mol. The summed E-state index contributed by atoms with van der Waals surface area (Å²) >= 11 is 0. The van der Waals surface area contributed by atoms with Crippen LogP contribution < -0.4 is 0 Å². The molecule has 1 rings (SSSR count). The number of carbonyl (C=O) groups is 2. The zero-order chi connectivity index (χ0) is 15.0. The van der Waals surface area contributed by atoms with Crippen LogP contribution in [0.4, 0.5) is 0 Å². The molecule has 0 aliphatic carbocycles. The third kappa shape index (κ3) is 4.87. The molecule has 0 aliphatic heterocycles. The summed E-state index contributed by atoms with van der Waals surface area (Å²) in [7, 11) is 0. The van der Waals surface area contributed by atoms with E-state index < -0.39 is 6.29 Å². The highest BCUT2D eigenvalue weighted by Gasteiger charge is 2.22. The Bertz CT molecular complexity index is 430. The van der Waals surface area contributed by atoms with Gasteiger partial charge in [-0.2, -0.15) is 0 Å². The van der Waals surface area contributed by atoms with Gasteiger partial charge in [-0.3, -0.25) is 9.59 Å². The third-order valence-corrected chi connectivity index (χ3v) is 2.92. The van der Waals surface area contributed by atoms with Gasteiger partial charge in [0, 0.05) is 18.8 Å². The van der Waals surface area contributed by atoms with Crippen LogP contribution in [0.1, 0.15) is 43.1 Å². The van der Waals surface area contributed by atoms with Gasteiger partial charge in [-0.25, -0.2) is 0 Å². The number of rotatable bonds is 9. The lowest BCUT2D eigenvalue weighted by atomic mass is 10.0. The summed E-state index contributed by atoms with van der Waals surface area (Å²) in [6.45, 7) is 6.36. The van der Waals surface area contributed by atoms with E-state index in [2.05, 4.69) is 6.92 Å². The van der Waals surface area contributed by atoms with Crippen molar-refractivity contribution >= 4 is 11.6 Å². The molecule has 0 radical (unpaired) electrons. The van der Waals surface area contributed by atoms with Gasteiger partial charge in [0.05, 0.1) is 6.42 Å². The predicted octanol–water partition coefficient (Wildman–Crippen LogP) is 2.79. The number of ether oxygens (including phenoxy) is 2. The van der Waals surface area contributed by atoms with Gasteiger partial charge in [-0.1, -0.05) is 31.2 Å². The van der Waals surface area contributed by atoms with Crippen molar-refractivity contribution in [3.05, 3.63) is 35.4 Å². The molecule has 0 atom stereocenters. The second-order valence-corrected chi connectivity index (χ2v) is 4.36. The third-order valence-electron chi connectivity index (χ3n) is 2.92. The molecule has 0 bridgehead atoms. The summed E-state index contributed by atoms with van der Waals surface area (Å²) in [6, 6.07) is 7.32. The molecule has 4 heteroatoms. The molecule has 0 unspecified atom stereocenters. The molecule has 0 aliphatic rings. The zero-order valence-electron chi connectivity index (χ0n) is 12.3. The number of hydrogen-bond donors (Lipinski definition) is 0. The van der Waals surface area contributed by atoms with Crippen molar-refractivity contribution < 1.29 is 19.1 Å². The SMILES string of the molecule is CCOC(OCC)C(=O)CC(=O)c1ccc(CC)cc1. The van der Waals surface area contributed by atoms with Crippen molar-refractivity contribution in [1.82, 2.24) is 0 Å². The first kappa shape index (κ1) is 16.5. The smallest absolute Gasteiger partial charge is 0.218 e. The number of hydrogen-bond acceptors (Lipinski definition) is 4. The van der Waals surface area contributed by atoms with Crippen LogP contribution in [0, 0.1) is 0 Å². The second kappa shape index (κ2) is 8.61.